The number of aryl methyl sites for hydroxylation is 1. The number of carbonyl (C=O) groups excluding carboxylic acids is 2. The van der Waals surface area contributed by atoms with Gasteiger partial charge in [0.1, 0.15) is 5.52 Å². The summed E-state index contributed by atoms with van der Waals surface area (Å²) in [5, 5.41) is 9.31. The van der Waals surface area contributed by atoms with E-state index < -0.39 is 11.9 Å². The Bertz CT molecular complexity index is 781. The van der Waals surface area contributed by atoms with Gasteiger partial charge in [-0.05, 0) is 50.7 Å². The number of benzene rings is 1. The Morgan fingerprint density at radius 2 is 2.20 bits per heavy atom. The van der Waals surface area contributed by atoms with Crippen molar-refractivity contribution in [1.29, 1.82) is 0 Å². The molecule has 3 atom stereocenters. The molecule has 1 N–H and O–H groups in total. The molecule has 0 radical (unpaired) electrons. The minimum atomic E-state index is -1.14. The van der Waals surface area contributed by atoms with Crippen molar-refractivity contribution in [2.75, 3.05) is 13.2 Å². The lowest BCUT2D eigenvalue weighted by atomic mass is 9.90. The van der Waals surface area contributed by atoms with Crippen molar-refractivity contribution in [2.24, 2.45) is 11.8 Å². The number of aliphatic hydroxyl groups excluding tert-OH is 1. The minimum absolute atomic E-state index is 0.0654. The number of aliphatic hydroxyl groups is 1. The Balaban J connectivity index is 1.95. The maximum absolute atomic E-state index is 13.0. The molecule has 0 bridgehead atoms. The van der Waals surface area contributed by atoms with Gasteiger partial charge >= 0.3 is 5.97 Å². The zero-order valence-electron chi connectivity index (χ0n) is 14.5. The standard InChI is InChI=1S/C19H23NO5/c1-3-24-19(23)15(17(22)13-8-7-12(9-13)10-21)18-20-16-11(2)5-4-6-14(16)25-18/h4-6,12-13,15,21H,3,7-10H2,1-2H3. The number of carbonyl (C=O) groups is 2. The number of ether oxygens (including phenoxy) is 1. The van der Waals surface area contributed by atoms with E-state index in [4.69, 9.17) is 9.15 Å². The van der Waals surface area contributed by atoms with E-state index in [-0.39, 0.29) is 36.7 Å². The quantitative estimate of drug-likeness (QED) is 0.639. The number of fused-ring (bicyclic) bond motifs is 1. The predicted molar refractivity (Wildman–Crippen MR) is 91.0 cm³/mol. The molecule has 0 amide bonds. The molecule has 25 heavy (non-hydrogen) atoms. The number of esters is 1. The minimum Gasteiger partial charge on any atom is -0.465 e. The Morgan fingerprint density at radius 1 is 1.40 bits per heavy atom. The highest BCUT2D eigenvalue weighted by atomic mass is 16.5. The average Bonchev–Trinajstić information content (AvgIpc) is 3.22. The lowest BCUT2D eigenvalue weighted by Gasteiger charge is -2.15. The molecule has 1 aliphatic carbocycles. The zero-order valence-corrected chi connectivity index (χ0v) is 14.5. The van der Waals surface area contributed by atoms with Crippen LogP contribution < -0.4 is 0 Å². The van der Waals surface area contributed by atoms with E-state index in [0.717, 1.165) is 12.0 Å². The van der Waals surface area contributed by atoms with Crippen LogP contribution in [0.25, 0.3) is 11.1 Å². The van der Waals surface area contributed by atoms with Crippen LogP contribution in [0.5, 0.6) is 0 Å². The van der Waals surface area contributed by atoms with Crippen molar-refractivity contribution in [3.63, 3.8) is 0 Å². The summed E-state index contributed by atoms with van der Waals surface area (Å²) in [6.45, 7) is 3.85. The van der Waals surface area contributed by atoms with Crippen LogP contribution in [0.4, 0.5) is 0 Å². The second-order valence-corrected chi connectivity index (χ2v) is 6.62. The van der Waals surface area contributed by atoms with Crippen molar-refractivity contribution in [2.45, 2.75) is 39.0 Å². The van der Waals surface area contributed by atoms with Gasteiger partial charge in [0.05, 0.1) is 6.61 Å². The molecule has 2 aromatic rings. The summed E-state index contributed by atoms with van der Waals surface area (Å²) >= 11 is 0. The lowest BCUT2D eigenvalue weighted by Crippen LogP contribution is -2.29. The molecule has 6 nitrogen and oxygen atoms in total. The largest absolute Gasteiger partial charge is 0.465 e. The van der Waals surface area contributed by atoms with Crippen molar-refractivity contribution in [1.82, 2.24) is 4.98 Å². The maximum atomic E-state index is 13.0. The number of rotatable bonds is 6. The summed E-state index contributed by atoms with van der Waals surface area (Å²) in [5.74, 6) is -2.05. The van der Waals surface area contributed by atoms with Crippen LogP contribution in [-0.2, 0) is 14.3 Å². The summed E-state index contributed by atoms with van der Waals surface area (Å²) in [6, 6.07) is 5.51. The van der Waals surface area contributed by atoms with Crippen molar-refractivity contribution in [3.05, 3.63) is 29.7 Å². The molecule has 1 saturated carbocycles. The van der Waals surface area contributed by atoms with Crippen LogP contribution >= 0.6 is 0 Å². The average molecular weight is 345 g/mol. The van der Waals surface area contributed by atoms with Crippen molar-refractivity contribution < 1.29 is 23.8 Å². The first kappa shape index (κ1) is 17.6. The van der Waals surface area contributed by atoms with Gasteiger partial charge in [-0.25, -0.2) is 4.98 Å². The van der Waals surface area contributed by atoms with Gasteiger partial charge in [0, 0.05) is 12.5 Å². The highest BCUT2D eigenvalue weighted by molar-refractivity contribution is 6.05. The molecule has 3 rings (SSSR count). The molecule has 1 heterocycles. The monoisotopic (exact) mass is 345 g/mol. The highest BCUT2D eigenvalue weighted by Gasteiger charge is 2.41. The number of nitrogens with zero attached hydrogens (tertiary/aromatic N) is 1. The topological polar surface area (TPSA) is 89.6 Å². The highest BCUT2D eigenvalue weighted by Crippen LogP contribution is 2.36. The molecule has 1 aliphatic rings. The molecular weight excluding hydrogens is 322 g/mol. The fraction of sp³-hybridized carbons (Fsp3) is 0.526. The van der Waals surface area contributed by atoms with Crippen LogP contribution in [0.1, 0.15) is 43.6 Å². The molecule has 1 fully saturated rings. The SMILES string of the molecule is CCOC(=O)C(C(=O)C1CCC(CO)C1)c1nc2c(C)cccc2o1. The number of oxazole rings is 1. The number of aromatic nitrogens is 1. The van der Waals surface area contributed by atoms with Gasteiger partial charge in [-0.1, -0.05) is 12.1 Å². The number of para-hydroxylation sites is 1. The third kappa shape index (κ3) is 3.44. The molecule has 0 saturated heterocycles. The second kappa shape index (κ2) is 7.35. The maximum Gasteiger partial charge on any atom is 0.326 e. The number of ketones is 1. The van der Waals surface area contributed by atoms with E-state index in [2.05, 4.69) is 4.98 Å². The van der Waals surface area contributed by atoms with E-state index in [1.165, 1.54) is 0 Å². The summed E-state index contributed by atoms with van der Waals surface area (Å²) in [4.78, 5) is 29.9. The summed E-state index contributed by atoms with van der Waals surface area (Å²) in [5.41, 5.74) is 2.12. The first-order chi connectivity index (χ1) is 12.0. The molecule has 0 spiro atoms. The first-order valence-corrected chi connectivity index (χ1v) is 8.72. The van der Waals surface area contributed by atoms with Gasteiger partial charge in [-0.2, -0.15) is 0 Å². The third-order valence-corrected chi connectivity index (χ3v) is 4.89. The van der Waals surface area contributed by atoms with Crippen molar-refractivity contribution >= 4 is 22.9 Å². The predicted octanol–water partition coefficient (Wildman–Crippen LogP) is 2.76. The van der Waals surface area contributed by atoms with Crippen LogP contribution in [0.2, 0.25) is 0 Å². The Hall–Kier alpha value is -2.21. The Kier molecular flexibility index (Phi) is 5.18. The van der Waals surface area contributed by atoms with Gasteiger partial charge in [-0.15, -0.1) is 0 Å². The molecule has 0 aliphatic heterocycles. The first-order valence-electron chi connectivity index (χ1n) is 8.72. The lowest BCUT2D eigenvalue weighted by molar-refractivity contribution is -0.149. The van der Waals surface area contributed by atoms with E-state index in [1.807, 2.05) is 19.1 Å². The van der Waals surface area contributed by atoms with Gasteiger partial charge in [0.25, 0.3) is 0 Å². The van der Waals surface area contributed by atoms with E-state index in [0.29, 0.717) is 23.9 Å². The third-order valence-electron chi connectivity index (χ3n) is 4.89. The molecule has 3 unspecified atom stereocenters. The molecule has 6 heteroatoms. The summed E-state index contributed by atoms with van der Waals surface area (Å²) < 4.78 is 10.8. The van der Waals surface area contributed by atoms with E-state index in [9.17, 15) is 14.7 Å². The fourth-order valence-electron chi connectivity index (χ4n) is 3.53. The zero-order chi connectivity index (χ0) is 18.0. The van der Waals surface area contributed by atoms with Crippen LogP contribution in [0.15, 0.2) is 22.6 Å². The smallest absolute Gasteiger partial charge is 0.326 e. The van der Waals surface area contributed by atoms with Gasteiger partial charge < -0.3 is 14.3 Å². The normalized spacial score (nSPS) is 21.4. The molecule has 1 aromatic carbocycles. The van der Waals surface area contributed by atoms with Crippen LogP contribution in [0.3, 0.4) is 0 Å². The number of Topliss-reactive ketones (excluding diaryl/α,β-unsaturated/α-hetero) is 1. The van der Waals surface area contributed by atoms with Gasteiger partial charge in [-0.3, -0.25) is 9.59 Å². The van der Waals surface area contributed by atoms with Gasteiger partial charge in [0.15, 0.2) is 17.3 Å². The summed E-state index contributed by atoms with van der Waals surface area (Å²) in [7, 11) is 0. The van der Waals surface area contributed by atoms with Crippen LogP contribution in [0, 0.1) is 18.8 Å². The molecule has 1 aromatic heterocycles. The summed E-state index contributed by atoms with van der Waals surface area (Å²) in [6.07, 6.45) is 2.04. The molecule has 134 valence electrons. The number of hydrogen-bond acceptors (Lipinski definition) is 6. The number of hydrogen-bond donors (Lipinski definition) is 1. The Morgan fingerprint density at radius 3 is 2.84 bits per heavy atom. The Labute approximate surface area is 146 Å². The van der Waals surface area contributed by atoms with Crippen LogP contribution in [-0.4, -0.2) is 35.1 Å². The molecular formula is C19H23NO5. The second-order valence-electron chi connectivity index (χ2n) is 6.62. The van der Waals surface area contributed by atoms with E-state index >= 15 is 0 Å². The van der Waals surface area contributed by atoms with Crippen molar-refractivity contribution in [3.8, 4) is 0 Å². The fourth-order valence-corrected chi connectivity index (χ4v) is 3.53. The van der Waals surface area contributed by atoms with Gasteiger partial charge in [0.2, 0.25) is 5.89 Å². The van der Waals surface area contributed by atoms with E-state index in [1.54, 1.807) is 13.0 Å².